The van der Waals surface area contributed by atoms with Crippen LogP contribution in [0.1, 0.15) is 38.7 Å². The maximum atomic E-state index is 12.4. The van der Waals surface area contributed by atoms with Gasteiger partial charge < -0.3 is 15.3 Å². The first kappa shape index (κ1) is 19.0. The highest BCUT2D eigenvalue weighted by atomic mass is 16.4. The molecule has 1 atom stereocenters. The summed E-state index contributed by atoms with van der Waals surface area (Å²) < 4.78 is 0. The number of carbonyl (C=O) groups excluding carboxylic acids is 2. The third-order valence-corrected chi connectivity index (χ3v) is 5.25. The Morgan fingerprint density at radius 1 is 1.24 bits per heavy atom. The molecule has 2 N–H and O–H groups in total. The fourth-order valence-corrected chi connectivity index (χ4v) is 3.14. The molecule has 0 aliphatic carbocycles. The number of hydrogen-bond acceptors (Lipinski definition) is 3. The summed E-state index contributed by atoms with van der Waals surface area (Å²) in [5, 5.41) is 12.2. The van der Waals surface area contributed by atoms with Crippen molar-refractivity contribution in [1.82, 2.24) is 5.32 Å². The zero-order valence-electron chi connectivity index (χ0n) is 15.0. The monoisotopic (exact) mass is 346 g/mol. The van der Waals surface area contributed by atoms with Gasteiger partial charge in [-0.2, -0.15) is 0 Å². The SMILES string of the molecule is CCC(CC)(CNC(=O)C1CC(=O)N(c2ccc(C)cc2)C1)C(=O)O. The number of rotatable bonds is 7. The second-order valence-electron chi connectivity index (χ2n) is 6.75. The van der Waals surface area contributed by atoms with Crippen molar-refractivity contribution in [2.24, 2.45) is 11.3 Å². The number of carboxylic acids is 1. The number of nitrogens with one attached hydrogen (secondary N) is 1. The molecule has 136 valence electrons. The molecule has 1 fully saturated rings. The zero-order chi connectivity index (χ0) is 18.6. The number of aliphatic carboxylic acids is 1. The van der Waals surface area contributed by atoms with Gasteiger partial charge in [-0.3, -0.25) is 14.4 Å². The number of hydrogen-bond donors (Lipinski definition) is 2. The number of amides is 2. The Kier molecular flexibility index (Phi) is 5.82. The predicted molar refractivity (Wildman–Crippen MR) is 95.3 cm³/mol. The van der Waals surface area contributed by atoms with Crippen LogP contribution in [0.25, 0.3) is 0 Å². The molecule has 6 heteroatoms. The van der Waals surface area contributed by atoms with E-state index in [1.165, 1.54) is 0 Å². The van der Waals surface area contributed by atoms with E-state index < -0.39 is 17.3 Å². The molecule has 6 nitrogen and oxygen atoms in total. The van der Waals surface area contributed by atoms with E-state index in [4.69, 9.17) is 0 Å². The molecule has 25 heavy (non-hydrogen) atoms. The molecule has 0 aromatic heterocycles. The highest BCUT2D eigenvalue weighted by molar-refractivity contribution is 6.00. The van der Waals surface area contributed by atoms with E-state index in [0.29, 0.717) is 19.4 Å². The smallest absolute Gasteiger partial charge is 0.311 e. The van der Waals surface area contributed by atoms with Gasteiger partial charge in [0.1, 0.15) is 0 Å². The minimum atomic E-state index is -0.949. The highest BCUT2D eigenvalue weighted by Crippen LogP contribution is 2.28. The molecule has 1 aromatic rings. The zero-order valence-corrected chi connectivity index (χ0v) is 15.0. The van der Waals surface area contributed by atoms with Crippen molar-refractivity contribution >= 4 is 23.5 Å². The summed E-state index contributed by atoms with van der Waals surface area (Å²) in [4.78, 5) is 37.8. The van der Waals surface area contributed by atoms with E-state index in [2.05, 4.69) is 5.32 Å². The fourth-order valence-electron chi connectivity index (χ4n) is 3.14. The Morgan fingerprint density at radius 3 is 2.36 bits per heavy atom. The summed E-state index contributed by atoms with van der Waals surface area (Å²) in [5.41, 5.74) is 0.941. The second kappa shape index (κ2) is 7.68. The van der Waals surface area contributed by atoms with Crippen molar-refractivity contribution < 1.29 is 19.5 Å². The predicted octanol–water partition coefficient (Wildman–Crippen LogP) is 2.36. The van der Waals surface area contributed by atoms with E-state index >= 15 is 0 Å². The number of anilines is 1. The molecule has 0 saturated carbocycles. The summed E-state index contributed by atoms with van der Waals surface area (Å²) in [6.45, 7) is 6.00. The van der Waals surface area contributed by atoms with E-state index in [1.54, 1.807) is 4.90 Å². The van der Waals surface area contributed by atoms with Crippen LogP contribution in [-0.4, -0.2) is 36.0 Å². The number of carbonyl (C=O) groups is 3. The first-order chi connectivity index (χ1) is 11.8. The van der Waals surface area contributed by atoms with Gasteiger partial charge in [0, 0.05) is 25.2 Å². The van der Waals surface area contributed by atoms with Crippen molar-refractivity contribution in [1.29, 1.82) is 0 Å². The lowest BCUT2D eigenvalue weighted by Crippen LogP contribution is -2.44. The normalized spacial score (nSPS) is 17.6. The Hall–Kier alpha value is -2.37. The van der Waals surface area contributed by atoms with Gasteiger partial charge >= 0.3 is 5.97 Å². The van der Waals surface area contributed by atoms with Crippen LogP contribution in [0.5, 0.6) is 0 Å². The van der Waals surface area contributed by atoms with E-state index in [1.807, 2.05) is 45.0 Å². The first-order valence-corrected chi connectivity index (χ1v) is 8.71. The second-order valence-corrected chi connectivity index (χ2v) is 6.75. The third-order valence-electron chi connectivity index (χ3n) is 5.25. The lowest BCUT2D eigenvalue weighted by molar-refractivity contribution is -0.149. The minimum absolute atomic E-state index is 0.0838. The van der Waals surface area contributed by atoms with Crippen LogP contribution in [0.2, 0.25) is 0 Å². The van der Waals surface area contributed by atoms with Crippen LogP contribution in [0.15, 0.2) is 24.3 Å². The average molecular weight is 346 g/mol. The van der Waals surface area contributed by atoms with E-state index in [-0.39, 0.29) is 24.8 Å². The molecule has 2 amide bonds. The highest BCUT2D eigenvalue weighted by Gasteiger charge is 2.38. The number of carboxylic acid groups (broad SMARTS) is 1. The lowest BCUT2D eigenvalue weighted by Gasteiger charge is -2.27. The Labute approximate surface area is 148 Å². The topological polar surface area (TPSA) is 86.7 Å². The summed E-state index contributed by atoms with van der Waals surface area (Å²) in [7, 11) is 0. The summed E-state index contributed by atoms with van der Waals surface area (Å²) >= 11 is 0. The first-order valence-electron chi connectivity index (χ1n) is 8.71. The summed E-state index contributed by atoms with van der Waals surface area (Å²) in [5.74, 6) is -1.69. The van der Waals surface area contributed by atoms with Crippen LogP contribution in [0.4, 0.5) is 5.69 Å². The maximum Gasteiger partial charge on any atom is 0.311 e. The van der Waals surface area contributed by atoms with Crippen molar-refractivity contribution in [2.45, 2.75) is 40.0 Å². The van der Waals surface area contributed by atoms with Crippen LogP contribution >= 0.6 is 0 Å². The molecule has 0 radical (unpaired) electrons. The number of aryl methyl sites for hydroxylation is 1. The average Bonchev–Trinajstić information content (AvgIpc) is 2.98. The van der Waals surface area contributed by atoms with Crippen LogP contribution in [0.3, 0.4) is 0 Å². The van der Waals surface area contributed by atoms with Crippen LogP contribution in [-0.2, 0) is 14.4 Å². The van der Waals surface area contributed by atoms with E-state index in [0.717, 1.165) is 11.3 Å². The van der Waals surface area contributed by atoms with Gasteiger partial charge in [0.15, 0.2) is 0 Å². The molecule has 0 bridgehead atoms. The third kappa shape index (κ3) is 4.00. The van der Waals surface area contributed by atoms with Gasteiger partial charge in [-0.25, -0.2) is 0 Å². The molecule has 2 rings (SSSR count). The Balaban J connectivity index is 2.00. The molecular weight excluding hydrogens is 320 g/mol. The summed E-state index contributed by atoms with van der Waals surface area (Å²) in [6.07, 6.45) is 1.04. The quantitative estimate of drug-likeness (QED) is 0.793. The molecule has 1 aliphatic rings. The van der Waals surface area contributed by atoms with Crippen LogP contribution < -0.4 is 10.2 Å². The Bertz CT molecular complexity index is 650. The largest absolute Gasteiger partial charge is 0.481 e. The molecular formula is C19H26N2O4. The molecule has 0 spiro atoms. The molecule has 1 saturated heterocycles. The number of benzene rings is 1. The standard InChI is InChI=1S/C19H26N2O4/c1-4-19(5-2,18(24)25)12-20-17(23)14-10-16(22)21(11-14)15-8-6-13(3)7-9-15/h6-9,14H,4-5,10-12H2,1-3H3,(H,20,23)(H,24,25). The van der Waals surface area contributed by atoms with Crippen molar-refractivity contribution in [3.63, 3.8) is 0 Å². The summed E-state index contributed by atoms with van der Waals surface area (Å²) in [6, 6.07) is 7.60. The van der Waals surface area contributed by atoms with Gasteiger partial charge in [0.2, 0.25) is 11.8 Å². The Morgan fingerprint density at radius 2 is 1.84 bits per heavy atom. The van der Waals surface area contributed by atoms with Gasteiger partial charge in [0.25, 0.3) is 0 Å². The minimum Gasteiger partial charge on any atom is -0.481 e. The van der Waals surface area contributed by atoms with Crippen molar-refractivity contribution in [3.8, 4) is 0 Å². The van der Waals surface area contributed by atoms with Crippen LogP contribution in [0, 0.1) is 18.3 Å². The van der Waals surface area contributed by atoms with E-state index in [9.17, 15) is 19.5 Å². The maximum absolute atomic E-state index is 12.4. The lowest BCUT2D eigenvalue weighted by atomic mass is 9.82. The van der Waals surface area contributed by atoms with Gasteiger partial charge in [-0.05, 0) is 31.9 Å². The molecule has 1 aliphatic heterocycles. The fraction of sp³-hybridized carbons (Fsp3) is 0.526. The molecule has 1 heterocycles. The van der Waals surface area contributed by atoms with Gasteiger partial charge in [0.05, 0.1) is 11.3 Å². The van der Waals surface area contributed by atoms with Gasteiger partial charge in [-0.15, -0.1) is 0 Å². The van der Waals surface area contributed by atoms with Gasteiger partial charge in [-0.1, -0.05) is 31.5 Å². The molecule has 1 unspecified atom stereocenters. The van der Waals surface area contributed by atoms with Crippen molar-refractivity contribution in [2.75, 3.05) is 18.0 Å². The number of nitrogens with zero attached hydrogens (tertiary/aromatic N) is 1. The molecule has 1 aromatic carbocycles. The van der Waals surface area contributed by atoms with Crippen molar-refractivity contribution in [3.05, 3.63) is 29.8 Å².